The van der Waals surface area contributed by atoms with Gasteiger partial charge in [-0.3, -0.25) is 9.59 Å². The quantitative estimate of drug-likeness (QED) is 0.614. The first-order valence-electron chi connectivity index (χ1n) is 9.80. The number of hydrogen-bond acceptors (Lipinski definition) is 3. The Labute approximate surface area is 172 Å². The highest BCUT2D eigenvalue weighted by molar-refractivity contribution is 6.30. The highest BCUT2D eigenvalue weighted by atomic mass is 35.5. The molecule has 0 aliphatic carbocycles. The fourth-order valence-corrected chi connectivity index (χ4v) is 4.10. The molecule has 0 amide bonds. The first-order chi connectivity index (χ1) is 13.1. The van der Waals surface area contributed by atoms with Crippen molar-refractivity contribution in [2.75, 3.05) is 0 Å². The van der Waals surface area contributed by atoms with Crippen LogP contribution in [0.2, 0.25) is 5.02 Å². The van der Waals surface area contributed by atoms with Gasteiger partial charge < -0.3 is 4.74 Å². The molecular weight excluding hydrogens is 372 g/mol. The second kappa shape index (κ2) is 7.46. The maximum atomic E-state index is 13.4. The maximum Gasteiger partial charge on any atom is 0.179 e. The van der Waals surface area contributed by atoms with E-state index in [0.717, 1.165) is 28.7 Å². The molecule has 0 spiro atoms. The lowest BCUT2D eigenvalue weighted by atomic mass is 9.72. The van der Waals surface area contributed by atoms with Crippen LogP contribution in [-0.4, -0.2) is 22.8 Å². The van der Waals surface area contributed by atoms with Crippen LogP contribution in [0, 0.1) is 0 Å². The van der Waals surface area contributed by atoms with Crippen LogP contribution in [0.1, 0.15) is 58.1 Å². The number of carbonyl (C=O) groups excluding carboxylic acids is 2. The summed E-state index contributed by atoms with van der Waals surface area (Å²) in [5, 5.41) is 0.671. The highest BCUT2D eigenvalue weighted by Gasteiger charge is 2.54. The molecular formula is C24H27ClO3. The van der Waals surface area contributed by atoms with Crippen molar-refractivity contribution in [2.24, 2.45) is 0 Å². The molecule has 1 aliphatic rings. The van der Waals surface area contributed by atoms with Gasteiger partial charge in [-0.05, 0) is 74.1 Å². The van der Waals surface area contributed by atoms with E-state index in [9.17, 15) is 9.59 Å². The zero-order valence-corrected chi connectivity index (χ0v) is 17.9. The Hall–Kier alpha value is -1.97. The predicted octanol–water partition coefficient (Wildman–Crippen LogP) is 5.77. The van der Waals surface area contributed by atoms with Crippen molar-refractivity contribution in [3.05, 3.63) is 58.6 Å². The van der Waals surface area contributed by atoms with Gasteiger partial charge in [0.1, 0.15) is 17.1 Å². The predicted molar refractivity (Wildman–Crippen MR) is 113 cm³/mol. The van der Waals surface area contributed by atoms with Crippen molar-refractivity contribution < 1.29 is 14.3 Å². The molecule has 3 nitrogen and oxygen atoms in total. The molecule has 2 unspecified atom stereocenters. The molecule has 0 aromatic heterocycles. The van der Waals surface area contributed by atoms with Crippen LogP contribution in [0.4, 0.5) is 0 Å². The molecule has 3 rings (SSSR count). The minimum absolute atomic E-state index is 0.151. The molecule has 0 N–H and O–H groups in total. The number of halogens is 1. The Bertz CT molecular complexity index is 914. The highest BCUT2D eigenvalue weighted by Crippen LogP contribution is 2.42. The van der Waals surface area contributed by atoms with Crippen molar-refractivity contribution >= 4 is 23.2 Å². The van der Waals surface area contributed by atoms with Gasteiger partial charge in [-0.15, -0.1) is 0 Å². The lowest BCUT2D eigenvalue weighted by molar-refractivity contribution is -0.188. The Balaban J connectivity index is 2.17. The van der Waals surface area contributed by atoms with Crippen molar-refractivity contribution in [2.45, 2.75) is 64.6 Å². The molecule has 1 heterocycles. The number of hydrogen-bond donors (Lipinski definition) is 0. The standard InChI is InChI=1S/C24H27ClO3/c1-6-15-8-9-17(16-10-12-18(25)13-11-16)14-19(15)20-21(26)23(3,4)28-24(5,7-2)22(20)27/h8-14,20H,6-7H2,1-5H3. The lowest BCUT2D eigenvalue weighted by Gasteiger charge is -2.44. The van der Waals surface area contributed by atoms with Crippen LogP contribution in [-0.2, 0) is 20.7 Å². The van der Waals surface area contributed by atoms with Gasteiger partial charge in [0.15, 0.2) is 11.6 Å². The lowest BCUT2D eigenvalue weighted by Crippen LogP contribution is -2.59. The molecule has 1 saturated heterocycles. The largest absolute Gasteiger partial charge is 0.354 e. The van der Waals surface area contributed by atoms with Gasteiger partial charge in [0.05, 0.1) is 0 Å². The van der Waals surface area contributed by atoms with Crippen LogP contribution in [0.15, 0.2) is 42.5 Å². The van der Waals surface area contributed by atoms with Crippen molar-refractivity contribution in [1.82, 2.24) is 0 Å². The maximum absolute atomic E-state index is 13.4. The van der Waals surface area contributed by atoms with E-state index >= 15 is 0 Å². The average Bonchev–Trinajstić information content (AvgIpc) is 2.67. The SMILES string of the molecule is CCc1ccc(-c2ccc(Cl)cc2)cc1C1C(=O)C(C)(C)OC(C)(CC)C1=O. The Morgan fingerprint density at radius 1 is 0.929 bits per heavy atom. The van der Waals surface area contributed by atoms with Gasteiger partial charge in [0.25, 0.3) is 0 Å². The zero-order chi connectivity index (χ0) is 20.7. The Morgan fingerprint density at radius 2 is 1.54 bits per heavy atom. The second-order valence-corrected chi connectivity index (χ2v) is 8.57. The summed E-state index contributed by atoms with van der Waals surface area (Å²) in [5.74, 6) is -1.13. The summed E-state index contributed by atoms with van der Waals surface area (Å²) < 4.78 is 5.97. The summed E-state index contributed by atoms with van der Waals surface area (Å²) in [7, 11) is 0. The summed E-state index contributed by atoms with van der Waals surface area (Å²) in [6, 6.07) is 13.6. The summed E-state index contributed by atoms with van der Waals surface area (Å²) in [5.41, 5.74) is 1.79. The van der Waals surface area contributed by atoms with Crippen molar-refractivity contribution in [3.8, 4) is 11.1 Å². The Kier molecular flexibility index (Phi) is 5.53. The van der Waals surface area contributed by atoms with Gasteiger partial charge >= 0.3 is 0 Å². The fourth-order valence-electron chi connectivity index (χ4n) is 3.97. The number of Topliss-reactive ketones (excluding diaryl/α,β-unsaturated/α-hetero) is 2. The zero-order valence-electron chi connectivity index (χ0n) is 17.1. The molecule has 1 fully saturated rings. The average molecular weight is 399 g/mol. The van der Waals surface area contributed by atoms with Gasteiger partial charge in [-0.1, -0.05) is 49.7 Å². The normalized spacial score (nSPS) is 24.4. The summed E-state index contributed by atoms with van der Waals surface area (Å²) in [4.78, 5) is 26.6. The summed E-state index contributed by atoms with van der Waals surface area (Å²) in [6.45, 7) is 9.28. The fraction of sp³-hybridized carbons (Fsp3) is 0.417. The first kappa shape index (κ1) is 20.8. The van der Waals surface area contributed by atoms with E-state index in [1.165, 1.54) is 0 Å². The molecule has 0 radical (unpaired) electrons. The minimum atomic E-state index is -1.01. The van der Waals surface area contributed by atoms with E-state index in [0.29, 0.717) is 11.4 Å². The van der Waals surface area contributed by atoms with Gasteiger partial charge in [-0.25, -0.2) is 0 Å². The van der Waals surface area contributed by atoms with E-state index < -0.39 is 17.1 Å². The van der Waals surface area contributed by atoms with Gasteiger partial charge in [-0.2, -0.15) is 0 Å². The van der Waals surface area contributed by atoms with Crippen LogP contribution < -0.4 is 0 Å². The van der Waals surface area contributed by atoms with E-state index in [4.69, 9.17) is 16.3 Å². The van der Waals surface area contributed by atoms with Crippen molar-refractivity contribution in [1.29, 1.82) is 0 Å². The number of benzene rings is 2. The molecule has 2 atom stereocenters. The number of ether oxygens (including phenoxy) is 1. The number of rotatable bonds is 4. The third-order valence-corrected chi connectivity index (χ3v) is 6.06. The molecule has 0 saturated carbocycles. The van der Waals surface area contributed by atoms with E-state index in [1.807, 2.05) is 56.3 Å². The van der Waals surface area contributed by atoms with E-state index in [2.05, 4.69) is 0 Å². The number of carbonyl (C=O) groups is 2. The van der Waals surface area contributed by atoms with Crippen molar-refractivity contribution in [3.63, 3.8) is 0 Å². The molecule has 2 aromatic carbocycles. The monoisotopic (exact) mass is 398 g/mol. The third kappa shape index (κ3) is 3.54. The van der Waals surface area contributed by atoms with E-state index in [1.54, 1.807) is 20.8 Å². The van der Waals surface area contributed by atoms with Crippen LogP contribution in [0.25, 0.3) is 11.1 Å². The molecule has 1 aliphatic heterocycles. The summed E-state index contributed by atoms with van der Waals surface area (Å²) >= 11 is 6.01. The van der Waals surface area contributed by atoms with Gasteiger partial charge in [0, 0.05) is 5.02 Å². The van der Waals surface area contributed by atoms with Crippen LogP contribution in [0.5, 0.6) is 0 Å². The molecule has 2 aromatic rings. The number of ketones is 2. The molecule has 148 valence electrons. The molecule has 0 bridgehead atoms. The summed E-state index contributed by atoms with van der Waals surface area (Å²) in [6.07, 6.45) is 1.27. The van der Waals surface area contributed by atoms with Gasteiger partial charge in [0.2, 0.25) is 0 Å². The minimum Gasteiger partial charge on any atom is -0.354 e. The van der Waals surface area contributed by atoms with Crippen LogP contribution >= 0.6 is 11.6 Å². The topological polar surface area (TPSA) is 43.4 Å². The van der Waals surface area contributed by atoms with Crippen LogP contribution in [0.3, 0.4) is 0 Å². The molecule has 4 heteroatoms. The number of aryl methyl sites for hydroxylation is 1. The third-order valence-electron chi connectivity index (χ3n) is 5.81. The Morgan fingerprint density at radius 3 is 2.11 bits per heavy atom. The smallest absolute Gasteiger partial charge is 0.179 e. The molecule has 28 heavy (non-hydrogen) atoms. The van der Waals surface area contributed by atoms with E-state index in [-0.39, 0.29) is 11.6 Å². The second-order valence-electron chi connectivity index (χ2n) is 8.13. The first-order valence-corrected chi connectivity index (χ1v) is 10.2.